The van der Waals surface area contributed by atoms with Crippen LogP contribution in [-0.4, -0.2) is 60.2 Å². The van der Waals surface area contributed by atoms with Crippen molar-refractivity contribution in [1.82, 2.24) is 14.9 Å². The number of amides is 1. The largest absolute Gasteiger partial charge is 0.378 e. The zero-order valence-corrected chi connectivity index (χ0v) is 14.9. The number of nitrogens with zero attached hydrogens (tertiary/aromatic N) is 4. The summed E-state index contributed by atoms with van der Waals surface area (Å²) in [4.78, 5) is 26.0. The van der Waals surface area contributed by atoms with Crippen molar-refractivity contribution in [1.29, 1.82) is 0 Å². The first kappa shape index (κ1) is 17.0. The molecule has 0 aliphatic carbocycles. The molecule has 1 amide bonds. The molecule has 26 heavy (non-hydrogen) atoms. The summed E-state index contributed by atoms with van der Waals surface area (Å²) in [6, 6.07) is 9.94. The maximum Gasteiger partial charge on any atom is 0.227 e. The second kappa shape index (κ2) is 7.83. The van der Waals surface area contributed by atoms with Gasteiger partial charge in [0.1, 0.15) is 12.1 Å². The van der Waals surface area contributed by atoms with Crippen LogP contribution in [-0.2, 0) is 28.8 Å². The molecule has 136 valence electrons. The molecule has 0 atom stereocenters. The maximum absolute atomic E-state index is 12.7. The van der Waals surface area contributed by atoms with Gasteiger partial charge in [0.15, 0.2) is 0 Å². The Balaban J connectivity index is 1.47. The number of rotatable bonds is 3. The summed E-state index contributed by atoms with van der Waals surface area (Å²) in [5, 5.41) is 0. The number of hydrogen-bond donors (Lipinski definition) is 0. The Kier molecular flexibility index (Phi) is 5.11. The van der Waals surface area contributed by atoms with E-state index in [1.165, 1.54) is 5.56 Å². The molecular formula is C20H24N4O2. The van der Waals surface area contributed by atoms with Crippen molar-refractivity contribution in [3.05, 3.63) is 53.5 Å². The van der Waals surface area contributed by atoms with E-state index in [-0.39, 0.29) is 5.91 Å². The molecule has 6 nitrogen and oxygen atoms in total. The second-order valence-electron chi connectivity index (χ2n) is 6.77. The number of anilines is 1. The molecule has 2 aliphatic rings. The van der Waals surface area contributed by atoms with E-state index in [4.69, 9.17) is 4.74 Å². The smallest absolute Gasteiger partial charge is 0.227 e. The third-order valence-corrected chi connectivity index (χ3v) is 5.12. The average molecular weight is 352 g/mol. The Hall–Kier alpha value is -2.47. The average Bonchev–Trinajstić information content (AvgIpc) is 2.92. The second-order valence-corrected chi connectivity index (χ2v) is 6.77. The number of morpholine rings is 1. The number of benzene rings is 1. The van der Waals surface area contributed by atoms with Crippen LogP contribution in [0.2, 0.25) is 0 Å². The minimum Gasteiger partial charge on any atom is -0.378 e. The van der Waals surface area contributed by atoms with E-state index < -0.39 is 0 Å². The number of carbonyl (C=O) groups excluding carboxylic acids is 1. The van der Waals surface area contributed by atoms with Gasteiger partial charge in [-0.2, -0.15) is 0 Å². The highest BCUT2D eigenvalue weighted by molar-refractivity contribution is 5.79. The first-order valence-electron chi connectivity index (χ1n) is 9.28. The van der Waals surface area contributed by atoms with Gasteiger partial charge in [0, 0.05) is 38.2 Å². The van der Waals surface area contributed by atoms with Gasteiger partial charge in [0.05, 0.1) is 25.3 Å². The highest BCUT2D eigenvalue weighted by Crippen LogP contribution is 2.24. The first-order chi connectivity index (χ1) is 12.8. The predicted molar refractivity (Wildman–Crippen MR) is 99.2 cm³/mol. The van der Waals surface area contributed by atoms with Crippen molar-refractivity contribution in [2.45, 2.75) is 19.3 Å². The Morgan fingerprint density at radius 2 is 1.77 bits per heavy atom. The Morgan fingerprint density at radius 1 is 1.00 bits per heavy atom. The number of carbonyl (C=O) groups is 1. The topological polar surface area (TPSA) is 58.6 Å². The van der Waals surface area contributed by atoms with Crippen LogP contribution >= 0.6 is 0 Å². The highest BCUT2D eigenvalue weighted by Gasteiger charge is 2.24. The van der Waals surface area contributed by atoms with Gasteiger partial charge in [-0.25, -0.2) is 9.97 Å². The van der Waals surface area contributed by atoms with Crippen molar-refractivity contribution >= 4 is 11.7 Å². The zero-order valence-electron chi connectivity index (χ0n) is 14.9. The molecule has 3 heterocycles. The molecule has 2 aromatic rings. The lowest BCUT2D eigenvalue weighted by molar-refractivity contribution is -0.130. The number of hydrogen-bond acceptors (Lipinski definition) is 5. The van der Waals surface area contributed by atoms with Crippen LogP contribution in [0.5, 0.6) is 0 Å². The van der Waals surface area contributed by atoms with Gasteiger partial charge in [0.25, 0.3) is 0 Å². The van der Waals surface area contributed by atoms with Gasteiger partial charge in [-0.15, -0.1) is 0 Å². The molecule has 1 aromatic carbocycles. The minimum atomic E-state index is 0.185. The maximum atomic E-state index is 12.7. The van der Waals surface area contributed by atoms with E-state index in [2.05, 4.69) is 14.9 Å². The quantitative estimate of drug-likeness (QED) is 0.838. The molecule has 0 radical (unpaired) electrons. The van der Waals surface area contributed by atoms with Crippen LogP contribution in [0, 0.1) is 0 Å². The standard InChI is InChI=1S/C20H24N4O2/c25-19(14-16-4-2-1-3-5-16)23-8-6-17-18(7-9-23)21-15-22-20(17)24-10-12-26-13-11-24/h1-5,15H,6-14H2. The molecule has 1 fully saturated rings. The molecule has 0 unspecified atom stereocenters. The molecule has 4 rings (SSSR count). The van der Waals surface area contributed by atoms with Crippen molar-refractivity contribution in [3.63, 3.8) is 0 Å². The lowest BCUT2D eigenvalue weighted by Crippen LogP contribution is -2.37. The molecular weight excluding hydrogens is 328 g/mol. The van der Waals surface area contributed by atoms with Crippen LogP contribution < -0.4 is 4.90 Å². The molecule has 0 spiro atoms. The summed E-state index contributed by atoms with van der Waals surface area (Å²) in [6.07, 6.45) is 3.71. The van der Waals surface area contributed by atoms with Gasteiger partial charge in [-0.05, 0) is 12.0 Å². The van der Waals surface area contributed by atoms with E-state index in [1.54, 1.807) is 6.33 Å². The monoisotopic (exact) mass is 352 g/mol. The third kappa shape index (κ3) is 3.70. The first-order valence-corrected chi connectivity index (χ1v) is 9.28. The van der Waals surface area contributed by atoms with Crippen molar-refractivity contribution in [2.75, 3.05) is 44.3 Å². The van der Waals surface area contributed by atoms with E-state index in [0.717, 1.165) is 69.3 Å². The summed E-state index contributed by atoms with van der Waals surface area (Å²) in [5.41, 5.74) is 3.34. The van der Waals surface area contributed by atoms with E-state index in [1.807, 2.05) is 35.2 Å². The third-order valence-electron chi connectivity index (χ3n) is 5.12. The molecule has 0 bridgehead atoms. The fraction of sp³-hybridized carbons (Fsp3) is 0.450. The fourth-order valence-corrected chi connectivity index (χ4v) is 3.69. The summed E-state index contributed by atoms with van der Waals surface area (Å²) in [5.74, 6) is 1.21. The Bertz CT molecular complexity index is 760. The van der Waals surface area contributed by atoms with Gasteiger partial charge < -0.3 is 14.5 Å². The van der Waals surface area contributed by atoms with Gasteiger partial charge in [-0.3, -0.25) is 4.79 Å². The molecule has 2 aliphatic heterocycles. The van der Waals surface area contributed by atoms with Gasteiger partial charge >= 0.3 is 0 Å². The summed E-state index contributed by atoms with van der Waals surface area (Å²) >= 11 is 0. The van der Waals surface area contributed by atoms with Crippen molar-refractivity contribution in [2.24, 2.45) is 0 Å². The number of aromatic nitrogens is 2. The number of fused-ring (bicyclic) bond motifs is 1. The SMILES string of the molecule is O=C(Cc1ccccc1)N1CCc2ncnc(N3CCOCC3)c2CC1. The highest BCUT2D eigenvalue weighted by atomic mass is 16.5. The molecule has 1 saturated heterocycles. The Labute approximate surface area is 153 Å². The van der Waals surface area contributed by atoms with Crippen LogP contribution in [0.15, 0.2) is 36.7 Å². The molecule has 0 saturated carbocycles. The van der Waals surface area contributed by atoms with Gasteiger partial charge in [-0.1, -0.05) is 30.3 Å². The molecule has 0 N–H and O–H groups in total. The summed E-state index contributed by atoms with van der Waals surface area (Å²) in [6.45, 7) is 4.64. The predicted octanol–water partition coefficient (Wildman–Crippen LogP) is 1.48. The van der Waals surface area contributed by atoms with Gasteiger partial charge in [0.2, 0.25) is 5.91 Å². The van der Waals surface area contributed by atoms with Crippen LogP contribution in [0.1, 0.15) is 16.8 Å². The number of ether oxygens (including phenoxy) is 1. The Morgan fingerprint density at radius 3 is 2.58 bits per heavy atom. The van der Waals surface area contributed by atoms with Crippen molar-refractivity contribution < 1.29 is 9.53 Å². The fourth-order valence-electron chi connectivity index (χ4n) is 3.69. The minimum absolute atomic E-state index is 0.185. The van der Waals surface area contributed by atoms with Crippen LogP contribution in [0.25, 0.3) is 0 Å². The van der Waals surface area contributed by atoms with E-state index in [9.17, 15) is 4.79 Å². The lowest BCUT2D eigenvalue weighted by atomic mass is 10.1. The van der Waals surface area contributed by atoms with Crippen LogP contribution in [0.3, 0.4) is 0 Å². The van der Waals surface area contributed by atoms with Crippen molar-refractivity contribution in [3.8, 4) is 0 Å². The normalized spacial score (nSPS) is 17.5. The molecule has 6 heteroatoms. The summed E-state index contributed by atoms with van der Waals surface area (Å²) < 4.78 is 5.46. The molecule has 1 aromatic heterocycles. The van der Waals surface area contributed by atoms with E-state index >= 15 is 0 Å². The summed E-state index contributed by atoms with van der Waals surface area (Å²) in [7, 11) is 0. The van der Waals surface area contributed by atoms with Crippen LogP contribution in [0.4, 0.5) is 5.82 Å². The van der Waals surface area contributed by atoms with E-state index in [0.29, 0.717) is 6.42 Å². The lowest BCUT2D eigenvalue weighted by Gasteiger charge is -2.29. The zero-order chi connectivity index (χ0) is 17.8.